The first-order valence-electron chi connectivity index (χ1n) is 23.9. The fraction of sp³-hybridized carbons (Fsp3) is 0.0615. The Morgan fingerprint density at radius 1 is 0.412 bits per heavy atom. The topological polar surface area (TPSA) is 21.1 Å². The summed E-state index contributed by atoms with van der Waals surface area (Å²) in [5.41, 5.74) is 16.4. The third-order valence-corrected chi connectivity index (χ3v) is 14.7. The molecule has 3 nitrogen and oxygen atoms in total. The summed E-state index contributed by atoms with van der Waals surface area (Å²) in [7, 11) is 0. The molecule has 14 rings (SSSR count). The summed E-state index contributed by atoms with van der Waals surface area (Å²) in [6.45, 7) is 0. The number of fused-ring (bicyclic) bond motifs is 12. The molecule has 0 bridgehead atoms. The van der Waals surface area contributed by atoms with Gasteiger partial charge in [0.05, 0.1) is 28.5 Å². The van der Waals surface area contributed by atoms with Gasteiger partial charge in [-0.2, -0.15) is 0 Å². The molecule has 2 aromatic heterocycles. The zero-order valence-corrected chi connectivity index (χ0v) is 37.4. The maximum atomic E-state index is 5.32. The third-order valence-electron chi connectivity index (χ3n) is 14.7. The predicted octanol–water partition coefficient (Wildman–Crippen LogP) is 17.0. The SMILES string of the molecule is C1=CC(c2cc(-c3ccccc3)nc(-c3cccc(-n4c5ccccc5c5ccc(C6=CC7C(C=C6)c6ccccc6N7c6ccc7c8ccccc8c8ccccc8c7c6)cc54)c3)c2)=CCC1. The van der Waals surface area contributed by atoms with Crippen LogP contribution in [0, 0.1) is 0 Å². The van der Waals surface area contributed by atoms with Crippen LogP contribution >= 0.6 is 0 Å². The van der Waals surface area contributed by atoms with Crippen LogP contribution in [0.4, 0.5) is 11.4 Å². The van der Waals surface area contributed by atoms with E-state index < -0.39 is 0 Å². The number of benzene rings is 9. The highest BCUT2D eigenvalue weighted by atomic mass is 15.2. The zero-order valence-electron chi connectivity index (χ0n) is 37.4. The van der Waals surface area contributed by atoms with Crippen molar-refractivity contribution in [2.45, 2.75) is 24.8 Å². The van der Waals surface area contributed by atoms with E-state index in [2.05, 4.69) is 246 Å². The number of hydrogen-bond acceptors (Lipinski definition) is 2. The average molecular weight is 868 g/mol. The van der Waals surface area contributed by atoms with Gasteiger partial charge < -0.3 is 9.47 Å². The van der Waals surface area contributed by atoms with Crippen LogP contribution in [-0.4, -0.2) is 15.6 Å². The van der Waals surface area contributed by atoms with Crippen LogP contribution in [0.2, 0.25) is 0 Å². The first-order valence-corrected chi connectivity index (χ1v) is 23.9. The molecule has 1 aliphatic heterocycles. The molecule has 320 valence electrons. The highest BCUT2D eigenvalue weighted by Gasteiger charge is 2.38. The number of allylic oxidation sites excluding steroid dienone is 6. The predicted molar refractivity (Wildman–Crippen MR) is 287 cm³/mol. The van der Waals surface area contributed by atoms with Crippen molar-refractivity contribution in [2.24, 2.45) is 0 Å². The minimum atomic E-state index is 0.110. The van der Waals surface area contributed by atoms with Crippen molar-refractivity contribution < 1.29 is 0 Å². The number of para-hydroxylation sites is 2. The second-order valence-electron chi connectivity index (χ2n) is 18.5. The first-order chi connectivity index (χ1) is 33.7. The Hall–Kier alpha value is -8.53. The van der Waals surface area contributed by atoms with Crippen molar-refractivity contribution in [1.82, 2.24) is 9.55 Å². The second kappa shape index (κ2) is 15.5. The number of pyridine rings is 1. The van der Waals surface area contributed by atoms with E-state index >= 15 is 0 Å². The van der Waals surface area contributed by atoms with E-state index in [0.717, 1.165) is 41.0 Å². The number of hydrogen-bond donors (Lipinski definition) is 0. The van der Waals surface area contributed by atoms with Crippen LogP contribution in [0.15, 0.2) is 237 Å². The molecule has 0 saturated carbocycles. The molecule has 11 aromatic rings. The molecule has 0 spiro atoms. The Morgan fingerprint density at radius 3 is 1.87 bits per heavy atom. The van der Waals surface area contributed by atoms with Crippen LogP contribution in [0.5, 0.6) is 0 Å². The number of anilines is 2. The standard InChI is InChI=1S/C65H45N3/c1-3-16-42(17-4-1)47-37-60(43-18-5-2-6-19-43)66-61(38-47)46-20-15-21-48(36-46)67-62-28-13-11-26-55(62)57-33-30-44(39-64(57)67)45-31-34-58-56-27-12-14-29-63(56)68(65(58)40-45)49-32-35-54-52-24-8-7-22-50(52)51-23-9-10-25-53(51)59(54)41-49/h2-3,5-41,58,65H,1,4H2. The molecule has 3 heterocycles. The largest absolute Gasteiger partial charge is 0.333 e. The van der Waals surface area contributed by atoms with Crippen LogP contribution in [0.1, 0.15) is 35.4 Å². The van der Waals surface area contributed by atoms with Crippen LogP contribution in [0.25, 0.3) is 93.5 Å². The summed E-state index contributed by atoms with van der Waals surface area (Å²) < 4.78 is 2.45. The Labute approximate surface area is 395 Å². The zero-order chi connectivity index (χ0) is 44.7. The molecule has 0 radical (unpaired) electrons. The van der Waals surface area contributed by atoms with Gasteiger partial charge in [0, 0.05) is 44.9 Å². The van der Waals surface area contributed by atoms with Gasteiger partial charge in [0.25, 0.3) is 0 Å². The smallest absolute Gasteiger partial charge is 0.0716 e. The molecule has 3 aliphatic rings. The first kappa shape index (κ1) is 38.7. The highest BCUT2D eigenvalue weighted by molar-refractivity contribution is 6.25. The lowest BCUT2D eigenvalue weighted by molar-refractivity contribution is 0.747. The Kier molecular flexibility index (Phi) is 8.85. The van der Waals surface area contributed by atoms with E-state index in [1.807, 2.05) is 0 Å². The van der Waals surface area contributed by atoms with Crippen LogP contribution < -0.4 is 4.90 Å². The second-order valence-corrected chi connectivity index (χ2v) is 18.5. The van der Waals surface area contributed by atoms with Crippen molar-refractivity contribution in [3.05, 3.63) is 253 Å². The van der Waals surface area contributed by atoms with E-state index in [4.69, 9.17) is 4.98 Å². The quantitative estimate of drug-likeness (QED) is 0.155. The third kappa shape index (κ3) is 6.16. The van der Waals surface area contributed by atoms with Gasteiger partial charge in [0.15, 0.2) is 0 Å². The molecular formula is C65H45N3. The molecule has 0 N–H and O–H groups in total. The van der Waals surface area contributed by atoms with Gasteiger partial charge in [0.1, 0.15) is 0 Å². The van der Waals surface area contributed by atoms with E-state index in [9.17, 15) is 0 Å². The van der Waals surface area contributed by atoms with Gasteiger partial charge in [-0.3, -0.25) is 0 Å². The number of rotatable bonds is 6. The average Bonchev–Trinajstić information content (AvgIpc) is 3.93. The van der Waals surface area contributed by atoms with E-state index in [1.54, 1.807) is 0 Å². The fourth-order valence-electron chi connectivity index (χ4n) is 11.5. The molecular weight excluding hydrogens is 823 g/mol. The summed E-state index contributed by atoms with van der Waals surface area (Å²) in [4.78, 5) is 7.91. The van der Waals surface area contributed by atoms with Crippen molar-refractivity contribution >= 4 is 76.6 Å². The summed E-state index contributed by atoms with van der Waals surface area (Å²) in [5.74, 6) is 0.233. The summed E-state index contributed by atoms with van der Waals surface area (Å²) in [6, 6.07) is 73.8. The van der Waals surface area contributed by atoms with Crippen molar-refractivity contribution in [3.63, 3.8) is 0 Å². The van der Waals surface area contributed by atoms with Gasteiger partial charge in [-0.05, 0) is 128 Å². The fourth-order valence-corrected chi connectivity index (χ4v) is 11.5. The lowest BCUT2D eigenvalue weighted by atomic mass is 9.86. The van der Waals surface area contributed by atoms with Gasteiger partial charge in [-0.15, -0.1) is 0 Å². The molecule has 68 heavy (non-hydrogen) atoms. The van der Waals surface area contributed by atoms with Gasteiger partial charge in [-0.1, -0.05) is 182 Å². The van der Waals surface area contributed by atoms with E-state index in [1.165, 1.54) is 93.3 Å². The van der Waals surface area contributed by atoms with Gasteiger partial charge in [0.2, 0.25) is 0 Å². The molecule has 0 saturated heterocycles. The summed E-state index contributed by atoms with van der Waals surface area (Å²) in [6.07, 6.45) is 16.3. The van der Waals surface area contributed by atoms with E-state index in [0.29, 0.717) is 0 Å². The van der Waals surface area contributed by atoms with Crippen LogP contribution in [0.3, 0.4) is 0 Å². The Bertz CT molecular complexity index is 3960. The molecule has 2 aliphatic carbocycles. The Balaban J connectivity index is 0.893. The molecule has 0 fully saturated rings. The van der Waals surface area contributed by atoms with Crippen molar-refractivity contribution in [1.29, 1.82) is 0 Å². The Morgan fingerprint density at radius 2 is 1.07 bits per heavy atom. The molecule has 0 amide bonds. The number of nitrogens with zero attached hydrogens (tertiary/aromatic N) is 3. The molecule has 3 heteroatoms. The normalized spacial score (nSPS) is 16.4. The van der Waals surface area contributed by atoms with Crippen molar-refractivity contribution in [3.8, 4) is 28.2 Å². The maximum Gasteiger partial charge on any atom is 0.0716 e. The van der Waals surface area contributed by atoms with Gasteiger partial charge >= 0.3 is 0 Å². The lowest BCUT2D eigenvalue weighted by Gasteiger charge is -2.30. The highest BCUT2D eigenvalue weighted by Crippen LogP contribution is 2.50. The summed E-state index contributed by atoms with van der Waals surface area (Å²) >= 11 is 0. The van der Waals surface area contributed by atoms with Crippen LogP contribution in [-0.2, 0) is 0 Å². The van der Waals surface area contributed by atoms with Gasteiger partial charge in [-0.25, -0.2) is 4.98 Å². The van der Waals surface area contributed by atoms with E-state index in [-0.39, 0.29) is 12.0 Å². The maximum absolute atomic E-state index is 5.32. The number of aromatic nitrogens is 2. The molecule has 2 atom stereocenters. The molecule has 2 unspecified atom stereocenters. The minimum Gasteiger partial charge on any atom is -0.333 e. The minimum absolute atomic E-state index is 0.110. The van der Waals surface area contributed by atoms with Crippen molar-refractivity contribution in [2.75, 3.05) is 4.90 Å². The molecule has 9 aromatic carbocycles. The lowest BCUT2D eigenvalue weighted by Crippen LogP contribution is -2.29. The summed E-state index contributed by atoms with van der Waals surface area (Å²) in [5, 5.41) is 10.2. The monoisotopic (exact) mass is 867 g/mol.